The number of anilines is 1. The second-order valence-electron chi connectivity index (χ2n) is 6.06. The Labute approximate surface area is 144 Å². The minimum Gasteiger partial charge on any atom is -0.493 e. The van der Waals surface area contributed by atoms with Gasteiger partial charge in [0.25, 0.3) is 5.91 Å². The van der Waals surface area contributed by atoms with Crippen molar-refractivity contribution < 1.29 is 14.3 Å². The molecule has 1 aromatic rings. The van der Waals surface area contributed by atoms with Gasteiger partial charge in [0.05, 0.1) is 13.2 Å². The molecule has 130 valence electrons. The van der Waals surface area contributed by atoms with E-state index in [4.69, 9.17) is 9.47 Å². The van der Waals surface area contributed by atoms with Crippen molar-refractivity contribution in [3.63, 3.8) is 0 Å². The van der Waals surface area contributed by atoms with Gasteiger partial charge in [-0.2, -0.15) is 0 Å². The van der Waals surface area contributed by atoms with E-state index in [1.54, 1.807) is 0 Å². The predicted octanol–water partition coefficient (Wildman–Crippen LogP) is 2.77. The first-order valence-corrected chi connectivity index (χ1v) is 7.93. The highest BCUT2D eigenvalue weighted by Gasteiger charge is 2.21. The van der Waals surface area contributed by atoms with Crippen LogP contribution in [0.3, 0.4) is 0 Å². The van der Waals surface area contributed by atoms with Crippen molar-refractivity contribution in [1.29, 1.82) is 0 Å². The number of nitrogens with one attached hydrogen (secondary N) is 2. The van der Waals surface area contributed by atoms with E-state index in [-0.39, 0.29) is 18.3 Å². The van der Waals surface area contributed by atoms with Crippen LogP contribution in [0, 0.1) is 12.8 Å². The van der Waals surface area contributed by atoms with E-state index < -0.39 is 6.10 Å². The van der Waals surface area contributed by atoms with Crippen LogP contribution in [0.15, 0.2) is 18.2 Å². The van der Waals surface area contributed by atoms with Crippen molar-refractivity contribution in [1.82, 2.24) is 5.32 Å². The average Bonchev–Trinajstić information content (AvgIpc) is 2.51. The van der Waals surface area contributed by atoms with Gasteiger partial charge in [0.15, 0.2) is 0 Å². The Kier molecular flexibility index (Phi) is 8.37. The largest absolute Gasteiger partial charge is 0.493 e. The molecule has 1 unspecified atom stereocenters. The number of hydrogen-bond donors (Lipinski definition) is 2. The van der Waals surface area contributed by atoms with Crippen molar-refractivity contribution in [3.8, 4) is 5.75 Å². The number of amides is 1. The van der Waals surface area contributed by atoms with Crippen LogP contribution in [0.4, 0.5) is 5.69 Å². The molecule has 0 aromatic heterocycles. The SMILES string of the molecule is Cc1ccc(NC(=O)C2CNCCO2)cc1OCCC(C)C.Cl. The fourth-order valence-electron chi connectivity index (χ4n) is 2.19. The van der Waals surface area contributed by atoms with E-state index >= 15 is 0 Å². The van der Waals surface area contributed by atoms with Crippen LogP contribution in [-0.2, 0) is 9.53 Å². The highest BCUT2D eigenvalue weighted by Crippen LogP contribution is 2.23. The van der Waals surface area contributed by atoms with E-state index in [1.807, 2.05) is 25.1 Å². The molecule has 0 aliphatic carbocycles. The third-order valence-electron chi connectivity index (χ3n) is 3.63. The lowest BCUT2D eigenvalue weighted by atomic mass is 10.1. The number of halogens is 1. The number of benzene rings is 1. The Bertz CT molecular complexity index is 503. The Morgan fingerprint density at radius 2 is 2.26 bits per heavy atom. The zero-order chi connectivity index (χ0) is 15.9. The fourth-order valence-corrected chi connectivity index (χ4v) is 2.19. The summed E-state index contributed by atoms with van der Waals surface area (Å²) < 4.78 is 11.3. The third kappa shape index (κ3) is 6.37. The molecule has 1 aliphatic heterocycles. The molecule has 2 N–H and O–H groups in total. The fraction of sp³-hybridized carbons (Fsp3) is 0.588. The van der Waals surface area contributed by atoms with Crippen molar-refractivity contribution in [2.75, 3.05) is 31.6 Å². The molecular formula is C17H27ClN2O3. The molecule has 1 atom stereocenters. The van der Waals surface area contributed by atoms with Gasteiger partial charge in [-0.3, -0.25) is 4.79 Å². The van der Waals surface area contributed by atoms with E-state index in [1.165, 1.54) is 0 Å². The monoisotopic (exact) mass is 342 g/mol. The first kappa shape index (κ1) is 19.7. The highest BCUT2D eigenvalue weighted by atomic mass is 35.5. The maximum absolute atomic E-state index is 12.2. The van der Waals surface area contributed by atoms with Crippen LogP contribution < -0.4 is 15.4 Å². The Morgan fingerprint density at radius 3 is 2.91 bits per heavy atom. The van der Waals surface area contributed by atoms with E-state index in [2.05, 4.69) is 24.5 Å². The lowest BCUT2D eigenvalue weighted by Crippen LogP contribution is -2.45. The molecule has 0 bridgehead atoms. The number of carbonyl (C=O) groups is 1. The topological polar surface area (TPSA) is 59.6 Å². The van der Waals surface area contributed by atoms with Crippen LogP contribution in [0.25, 0.3) is 0 Å². The molecule has 0 saturated carbocycles. The Balaban J connectivity index is 0.00000264. The molecule has 5 nitrogen and oxygen atoms in total. The minimum atomic E-state index is -0.430. The summed E-state index contributed by atoms with van der Waals surface area (Å²) in [6, 6.07) is 5.73. The van der Waals surface area contributed by atoms with Crippen molar-refractivity contribution >= 4 is 24.0 Å². The summed E-state index contributed by atoms with van der Waals surface area (Å²) in [7, 11) is 0. The molecule has 1 fully saturated rings. The zero-order valence-corrected chi connectivity index (χ0v) is 14.9. The lowest BCUT2D eigenvalue weighted by molar-refractivity contribution is -0.128. The maximum atomic E-state index is 12.2. The number of carbonyl (C=O) groups excluding carboxylic acids is 1. The molecule has 23 heavy (non-hydrogen) atoms. The van der Waals surface area contributed by atoms with Crippen LogP contribution in [0.1, 0.15) is 25.8 Å². The normalized spacial score (nSPS) is 17.5. The lowest BCUT2D eigenvalue weighted by Gasteiger charge is -2.23. The van der Waals surface area contributed by atoms with Crippen LogP contribution in [0.2, 0.25) is 0 Å². The molecule has 1 aliphatic rings. The van der Waals surface area contributed by atoms with Gasteiger partial charge in [-0.05, 0) is 30.9 Å². The standard InChI is InChI=1S/C17H26N2O3.ClH/c1-12(2)6-8-21-15-10-14(5-4-13(15)3)19-17(20)16-11-18-7-9-22-16;/h4-5,10,12,16,18H,6-9,11H2,1-3H3,(H,19,20);1H. The van der Waals surface area contributed by atoms with Gasteiger partial charge in [0, 0.05) is 24.8 Å². The highest BCUT2D eigenvalue weighted by molar-refractivity contribution is 5.94. The number of morpholine rings is 1. The summed E-state index contributed by atoms with van der Waals surface area (Å²) in [4.78, 5) is 12.2. The van der Waals surface area contributed by atoms with Gasteiger partial charge in [-0.15, -0.1) is 12.4 Å². The van der Waals surface area contributed by atoms with E-state index in [0.717, 1.165) is 30.0 Å². The van der Waals surface area contributed by atoms with Crippen LogP contribution in [0.5, 0.6) is 5.75 Å². The van der Waals surface area contributed by atoms with Gasteiger partial charge in [0.2, 0.25) is 0 Å². The Hall–Kier alpha value is -1.30. The van der Waals surface area contributed by atoms with Crippen molar-refractivity contribution in [3.05, 3.63) is 23.8 Å². The first-order valence-electron chi connectivity index (χ1n) is 7.93. The average molecular weight is 343 g/mol. The van der Waals surface area contributed by atoms with Gasteiger partial charge >= 0.3 is 0 Å². The molecule has 6 heteroatoms. The van der Waals surface area contributed by atoms with Gasteiger partial charge < -0.3 is 20.1 Å². The predicted molar refractivity (Wildman–Crippen MR) is 94.6 cm³/mol. The molecule has 2 rings (SSSR count). The first-order chi connectivity index (χ1) is 10.6. The number of ether oxygens (including phenoxy) is 2. The molecule has 1 aromatic carbocycles. The quantitative estimate of drug-likeness (QED) is 0.834. The van der Waals surface area contributed by atoms with Crippen LogP contribution in [-0.4, -0.2) is 38.3 Å². The smallest absolute Gasteiger partial charge is 0.254 e. The van der Waals surface area contributed by atoms with Crippen molar-refractivity contribution in [2.24, 2.45) is 5.92 Å². The van der Waals surface area contributed by atoms with Gasteiger partial charge in [-0.1, -0.05) is 19.9 Å². The van der Waals surface area contributed by atoms with Crippen molar-refractivity contribution in [2.45, 2.75) is 33.3 Å². The van der Waals surface area contributed by atoms with E-state index in [9.17, 15) is 4.79 Å². The molecule has 0 spiro atoms. The summed E-state index contributed by atoms with van der Waals surface area (Å²) in [5, 5.41) is 6.04. The minimum absolute atomic E-state index is 0. The second-order valence-corrected chi connectivity index (χ2v) is 6.06. The summed E-state index contributed by atoms with van der Waals surface area (Å²) in [5.74, 6) is 1.31. The molecule has 1 saturated heterocycles. The summed E-state index contributed by atoms with van der Waals surface area (Å²) in [5.41, 5.74) is 1.81. The Morgan fingerprint density at radius 1 is 1.48 bits per heavy atom. The number of hydrogen-bond acceptors (Lipinski definition) is 4. The third-order valence-corrected chi connectivity index (χ3v) is 3.63. The van der Waals surface area contributed by atoms with Gasteiger partial charge in [-0.25, -0.2) is 0 Å². The zero-order valence-electron chi connectivity index (χ0n) is 14.1. The summed E-state index contributed by atoms with van der Waals surface area (Å²) in [6.07, 6.45) is 0.581. The molecule has 0 radical (unpaired) electrons. The molecule has 1 amide bonds. The molecule has 1 heterocycles. The molecular weight excluding hydrogens is 316 g/mol. The van der Waals surface area contributed by atoms with Crippen LogP contribution >= 0.6 is 12.4 Å². The van der Waals surface area contributed by atoms with Gasteiger partial charge in [0.1, 0.15) is 11.9 Å². The number of aryl methyl sites for hydroxylation is 1. The second kappa shape index (κ2) is 9.75. The number of rotatable bonds is 6. The summed E-state index contributed by atoms with van der Waals surface area (Å²) in [6.45, 7) is 8.94. The van der Waals surface area contributed by atoms with E-state index in [0.29, 0.717) is 25.7 Å². The maximum Gasteiger partial charge on any atom is 0.254 e. The summed E-state index contributed by atoms with van der Waals surface area (Å²) >= 11 is 0.